The summed E-state index contributed by atoms with van der Waals surface area (Å²) in [7, 11) is 3.55. The molecule has 138 valence electrons. The van der Waals surface area contributed by atoms with Crippen molar-refractivity contribution in [3.63, 3.8) is 0 Å². The Hall–Kier alpha value is -2.14. The first-order valence-electron chi connectivity index (χ1n) is 9.46. The third-order valence-corrected chi connectivity index (χ3v) is 6.49. The number of esters is 1. The van der Waals surface area contributed by atoms with Gasteiger partial charge < -0.3 is 14.6 Å². The molecule has 1 unspecified atom stereocenters. The van der Waals surface area contributed by atoms with Gasteiger partial charge in [0, 0.05) is 29.9 Å². The van der Waals surface area contributed by atoms with Gasteiger partial charge in [0.05, 0.1) is 18.7 Å². The number of nitrogens with one attached hydrogen (secondary N) is 1. The molecule has 0 radical (unpaired) electrons. The minimum absolute atomic E-state index is 0.0423. The summed E-state index contributed by atoms with van der Waals surface area (Å²) in [5.41, 5.74) is 2.77. The molecule has 1 fully saturated rings. The van der Waals surface area contributed by atoms with Crippen LogP contribution in [0.1, 0.15) is 35.8 Å². The summed E-state index contributed by atoms with van der Waals surface area (Å²) in [6, 6.07) is 8.10. The maximum Gasteiger partial charge on any atom is 0.310 e. The SMILES string of the molecule is CC[C@@H]1CN(C)[C@H]2Cc3c([nH]c4ccccc34)C(=O)C[C@H]1C2C(=O)OC. The number of para-hydroxylation sites is 1. The van der Waals surface area contributed by atoms with E-state index in [-0.39, 0.29) is 29.6 Å². The Morgan fingerprint density at radius 1 is 1.31 bits per heavy atom. The maximum atomic E-state index is 13.1. The number of aromatic nitrogens is 1. The monoisotopic (exact) mass is 354 g/mol. The average Bonchev–Trinajstić information content (AvgIpc) is 3.01. The van der Waals surface area contributed by atoms with Gasteiger partial charge in [-0.3, -0.25) is 9.59 Å². The zero-order chi connectivity index (χ0) is 18.4. The Balaban J connectivity index is 1.88. The van der Waals surface area contributed by atoms with Crippen molar-refractivity contribution >= 4 is 22.7 Å². The highest BCUT2D eigenvalue weighted by atomic mass is 16.5. The van der Waals surface area contributed by atoms with E-state index in [4.69, 9.17) is 4.74 Å². The zero-order valence-electron chi connectivity index (χ0n) is 15.6. The molecule has 0 amide bonds. The molecule has 1 aromatic carbocycles. The van der Waals surface area contributed by atoms with E-state index in [1.54, 1.807) is 0 Å². The number of ketones is 1. The number of benzene rings is 1. The zero-order valence-corrected chi connectivity index (χ0v) is 15.6. The van der Waals surface area contributed by atoms with Gasteiger partial charge in [0.1, 0.15) is 0 Å². The molecule has 1 aromatic heterocycles. The summed E-state index contributed by atoms with van der Waals surface area (Å²) >= 11 is 0. The molecule has 1 aliphatic carbocycles. The first kappa shape index (κ1) is 17.3. The van der Waals surface area contributed by atoms with Crippen molar-refractivity contribution in [2.24, 2.45) is 17.8 Å². The van der Waals surface area contributed by atoms with Crippen LogP contribution in [0.5, 0.6) is 0 Å². The van der Waals surface area contributed by atoms with Gasteiger partial charge in [-0.2, -0.15) is 0 Å². The van der Waals surface area contributed by atoms with Crippen molar-refractivity contribution in [2.45, 2.75) is 32.2 Å². The standard InChI is InChI=1S/C21H26N2O3/c1-4-12-11-23(2)17-9-15-13-7-5-6-8-16(13)22-20(15)18(24)10-14(12)19(17)21(25)26-3/h5-8,12,14,17,19,22H,4,9-11H2,1-3H3/t12-,14-,17+,19?/m1/s1. The van der Waals surface area contributed by atoms with Crippen molar-refractivity contribution in [1.29, 1.82) is 0 Å². The second-order valence-electron chi connectivity index (χ2n) is 7.74. The fourth-order valence-corrected chi connectivity index (χ4v) is 5.15. The van der Waals surface area contributed by atoms with Gasteiger partial charge in [0.25, 0.3) is 0 Å². The Bertz CT molecular complexity index is 856. The van der Waals surface area contributed by atoms with Crippen LogP contribution in [0.4, 0.5) is 0 Å². The Kier molecular flexibility index (Phi) is 4.35. The molecule has 5 heteroatoms. The molecule has 4 atom stereocenters. The summed E-state index contributed by atoms with van der Waals surface area (Å²) in [5.74, 6) is 0.0584. The average molecular weight is 354 g/mol. The Morgan fingerprint density at radius 3 is 2.81 bits per heavy atom. The number of hydrogen-bond acceptors (Lipinski definition) is 4. The molecular weight excluding hydrogens is 328 g/mol. The molecule has 1 N–H and O–H groups in total. The highest BCUT2D eigenvalue weighted by Gasteiger charge is 2.48. The maximum absolute atomic E-state index is 13.1. The minimum atomic E-state index is -0.255. The number of aromatic amines is 1. The van der Waals surface area contributed by atoms with Gasteiger partial charge in [-0.1, -0.05) is 31.5 Å². The predicted octanol–water partition coefficient (Wildman–Crippen LogP) is 3.04. The van der Waals surface area contributed by atoms with E-state index in [9.17, 15) is 9.59 Å². The van der Waals surface area contributed by atoms with E-state index < -0.39 is 0 Å². The number of methoxy groups -OCH3 is 1. The van der Waals surface area contributed by atoms with Crippen molar-refractivity contribution in [2.75, 3.05) is 20.7 Å². The summed E-state index contributed by atoms with van der Waals surface area (Å²) in [4.78, 5) is 31.5. The number of ether oxygens (including phenoxy) is 1. The van der Waals surface area contributed by atoms with E-state index in [1.807, 2.05) is 18.2 Å². The minimum Gasteiger partial charge on any atom is -0.469 e. The molecule has 1 saturated heterocycles. The number of piperidine rings is 1. The molecule has 2 aliphatic rings. The van der Waals surface area contributed by atoms with Gasteiger partial charge in [-0.15, -0.1) is 0 Å². The van der Waals surface area contributed by atoms with Crippen LogP contribution in [0.25, 0.3) is 10.9 Å². The second kappa shape index (κ2) is 6.54. The topological polar surface area (TPSA) is 62.4 Å². The number of fused-ring (bicyclic) bond motifs is 5. The number of hydrogen-bond donors (Lipinski definition) is 1. The van der Waals surface area contributed by atoms with Gasteiger partial charge in [0.2, 0.25) is 0 Å². The van der Waals surface area contributed by atoms with Crippen LogP contribution in [0.15, 0.2) is 24.3 Å². The molecule has 2 bridgehead atoms. The second-order valence-corrected chi connectivity index (χ2v) is 7.74. The van der Waals surface area contributed by atoms with Crippen LogP contribution < -0.4 is 0 Å². The van der Waals surface area contributed by atoms with Gasteiger partial charge in [-0.25, -0.2) is 0 Å². The molecule has 26 heavy (non-hydrogen) atoms. The largest absolute Gasteiger partial charge is 0.469 e. The van der Waals surface area contributed by atoms with Crippen LogP contribution in [-0.4, -0.2) is 48.4 Å². The van der Waals surface area contributed by atoms with Crippen molar-refractivity contribution in [3.05, 3.63) is 35.5 Å². The number of nitrogens with zero attached hydrogens (tertiary/aromatic N) is 1. The number of carbonyl (C=O) groups is 2. The van der Waals surface area contributed by atoms with Gasteiger partial charge in [-0.05, 0) is 36.9 Å². The highest BCUT2D eigenvalue weighted by molar-refractivity contribution is 6.03. The van der Waals surface area contributed by atoms with E-state index in [0.717, 1.165) is 35.1 Å². The lowest BCUT2D eigenvalue weighted by molar-refractivity contribution is -0.154. The van der Waals surface area contributed by atoms with Gasteiger partial charge in [0.15, 0.2) is 5.78 Å². The van der Waals surface area contributed by atoms with Crippen molar-refractivity contribution in [3.8, 4) is 0 Å². The first-order chi connectivity index (χ1) is 12.5. The molecule has 1 aliphatic heterocycles. The lowest BCUT2D eigenvalue weighted by Gasteiger charge is -2.47. The van der Waals surface area contributed by atoms with Crippen LogP contribution in [-0.2, 0) is 16.0 Å². The fraction of sp³-hybridized carbons (Fsp3) is 0.524. The van der Waals surface area contributed by atoms with Crippen LogP contribution >= 0.6 is 0 Å². The number of carbonyl (C=O) groups excluding carboxylic acids is 2. The van der Waals surface area contributed by atoms with E-state index in [0.29, 0.717) is 18.8 Å². The van der Waals surface area contributed by atoms with Crippen molar-refractivity contribution < 1.29 is 14.3 Å². The lowest BCUT2D eigenvalue weighted by atomic mass is 9.67. The Morgan fingerprint density at radius 2 is 2.08 bits per heavy atom. The smallest absolute Gasteiger partial charge is 0.310 e. The molecule has 5 nitrogen and oxygen atoms in total. The molecule has 4 rings (SSSR count). The number of rotatable bonds is 2. The number of likely N-dealkylation sites (N-methyl/N-ethyl adjacent to an activating group) is 1. The van der Waals surface area contributed by atoms with E-state index in [1.165, 1.54) is 7.11 Å². The van der Waals surface area contributed by atoms with Crippen LogP contribution in [0.2, 0.25) is 0 Å². The number of H-pyrrole nitrogens is 1. The lowest BCUT2D eigenvalue weighted by Crippen LogP contribution is -2.56. The molecule has 2 aromatic rings. The third kappa shape index (κ3) is 2.57. The number of likely N-dealkylation sites (tertiary alicyclic amines) is 1. The predicted molar refractivity (Wildman–Crippen MR) is 100 cm³/mol. The van der Waals surface area contributed by atoms with Gasteiger partial charge >= 0.3 is 5.97 Å². The molecule has 2 heterocycles. The molecule has 0 spiro atoms. The van der Waals surface area contributed by atoms with E-state index >= 15 is 0 Å². The third-order valence-electron chi connectivity index (χ3n) is 6.49. The number of Topliss-reactive ketones (excluding diaryl/α,β-unsaturated/α-hetero) is 1. The normalized spacial score (nSPS) is 29.1. The highest BCUT2D eigenvalue weighted by Crippen LogP contribution is 2.42. The molecule has 0 saturated carbocycles. The fourth-order valence-electron chi connectivity index (χ4n) is 5.15. The Labute approximate surface area is 153 Å². The van der Waals surface area contributed by atoms with Crippen molar-refractivity contribution in [1.82, 2.24) is 9.88 Å². The summed E-state index contributed by atoms with van der Waals surface area (Å²) in [6.45, 7) is 3.06. The molecular formula is C21H26N2O3. The van der Waals surface area contributed by atoms with Crippen LogP contribution in [0.3, 0.4) is 0 Å². The first-order valence-corrected chi connectivity index (χ1v) is 9.46. The summed E-state index contributed by atoms with van der Waals surface area (Å²) in [5, 5.41) is 1.09. The van der Waals surface area contributed by atoms with E-state index in [2.05, 4.69) is 29.9 Å². The quantitative estimate of drug-likeness (QED) is 0.842. The summed E-state index contributed by atoms with van der Waals surface area (Å²) < 4.78 is 5.17. The van der Waals surface area contributed by atoms with Crippen LogP contribution in [0, 0.1) is 17.8 Å². The summed E-state index contributed by atoms with van der Waals surface area (Å²) in [6.07, 6.45) is 2.05.